The minimum atomic E-state index is -0.245. The zero-order valence-electron chi connectivity index (χ0n) is 9.48. The fraction of sp³-hybridized carbons (Fsp3) is 0.250. The molecule has 0 radical (unpaired) electrons. The molecule has 0 heterocycles. The molecule has 0 aliphatic rings. The molecule has 0 aliphatic heterocycles. The highest BCUT2D eigenvalue weighted by Gasteiger charge is 2.14. The number of carbonyl (C=O) groups is 1. The summed E-state index contributed by atoms with van der Waals surface area (Å²) in [6.07, 6.45) is 1.13. The molecule has 16 heavy (non-hydrogen) atoms. The van der Waals surface area contributed by atoms with E-state index in [-0.39, 0.29) is 11.5 Å². The Balaban J connectivity index is 3.33. The van der Waals surface area contributed by atoms with E-state index >= 15 is 0 Å². The summed E-state index contributed by atoms with van der Waals surface area (Å²) in [5.41, 5.74) is 0.377. The number of hydrogen-bond donors (Lipinski definition) is 1. The highest BCUT2D eigenvalue weighted by atomic mass is 16.5. The molecule has 0 atom stereocenters. The molecule has 4 nitrogen and oxygen atoms in total. The van der Waals surface area contributed by atoms with E-state index in [4.69, 9.17) is 9.47 Å². The standard InChI is InChI=1S/C12H14O4/c1-8(13)7-9(14)12-10(15-2)5-4-6-11(12)16-3/h4-7,14H,1-3H3/b9-7-. The molecular weight excluding hydrogens is 208 g/mol. The second kappa shape index (κ2) is 5.21. The predicted octanol–water partition coefficient (Wildman–Crippen LogP) is 2.19. The summed E-state index contributed by atoms with van der Waals surface area (Å²) in [5, 5.41) is 9.80. The van der Waals surface area contributed by atoms with Crippen molar-refractivity contribution in [1.82, 2.24) is 0 Å². The van der Waals surface area contributed by atoms with E-state index in [0.29, 0.717) is 17.1 Å². The summed E-state index contributed by atoms with van der Waals surface area (Å²) < 4.78 is 10.2. The topological polar surface area (TPSA) is 55.8 Å². The van der Waals surface area contributed by atoms with Gasteiger partial charge >= 0.3 is 0 Å². The number of ketones is 1. The Kier molecular flexibility index (Phi) is 3.94. The van der Waals surface area contributed by atoms with Crippen LogP contribution in [0.15, 0.2) is 24.3 Å². The highest BCUT2D eigenvalue weighted by molar-refractivity contribution is 5.94. The maximum atomic E-state index is 10.9. The van der Waals surface area contributed by atoms with Gasteiger partial charge in [0.15, 0.2) is 5.78 Å². The first kappa shape index (κ1) is 12.1. The van der Waals surface area contributed by atoms with E-state index in [1.807, 2.05) is 0 Å². The van der Waals surface area contributed by atoms with Crippen molar-refractivity contribution in [2.75, 3.05) is 14.2 Å². The average Bonchev–Trinajstić information content (AvgIpc) is 2.26. The van der Waals surface area contributed by atoms with Crippen LogP contribution in [0.2, 0.25) is 0 Å². The van der Waals surface area contributed by atoms with Crippen LogP contribution in [-0.2, 0) is 4.79 Å². The molecule has 0 spiro atoms. The normalized spacial score (nSPS) is 11.1. The fourth-order valence-electron chi connectivity index (χ4n) is 1.37. The summed E-state index contributed by atoms with van der Waals surface area (Å²) in [5.74, 6) is 0.496. The summed E-state index contributed by atoms with van der Waals surface area (Å²) in [6, 6.07) is 5.10. The lowest BCUT2D eigenvalue weighted by atomic mass is 10.1. The van der Waals surface area contributed by atoms with Crippen molar-refractivity contribution in [2.24, 2.45) is 0 Å². The van der Waals surface area contributed by atoms with E-state index in [1.165, 1.54) is 21.1 Å². The third kappa shape index (κ3) is 2.53. The molecule has 0 saturated carbocycles. The first-order valence-electron chi connectivity index (χ1n) is 4.72. The van der Waals surface area contributed by atoms with Gasteiger partial charge in [-0.3, -0.25) is 4.79 Å². The number of methoxy groups -OCH3 is 2. The summed E-state index contributed by atoms with van der Waals surface area (Å²) >= 11 is 0. The van der Waals surface area contributed by atoms with Crippen LogP contribution < -0.4 is 9.47 Å². The molecule has 0 bridgehead atoms. The highest BCUT2D eigenvalue weighted by Crippen LogP contribution is 2.33. The molecule has 0 aromatic heterocycles. The van der Waals surface area contributed by atoms with Crippen molar-refractivity contribution in [2.45, 2.75) is 6.92 Å². The van der Waals surface area contributed by atoms with Crippen molar-refractivity contribution in [3.05, 3.63) is 29.8 Å². The van der Waals surface area contributed by atoms with E-state index in [9.17, 15) is 9.90 Å². The molecule has 4 heteroatoms. The molecule has 0 aliphatic carbocycles. The van der Waals surface area contributed by atoms with Crippen LogP contribution in [0, 0.1) is 0 Å². The van der Waals surface area contributed by atoms with Gasteiger partial charge in [0.05, 0.1) is 14.2 Å². The third-order valence-corrected chi connectivity index (χ3v) is 2.02. The zero-order chi connectivity index (χ0) is 12.1. The Hall–Kier alpha value is -1.97. The second-order valence-corrected chi connectivity index (χ2v) is 3.18. The Morgan fingerprint density at radius 2 is 1.75 bits per heavy atom. The van der Waals surface area contributed by atoms with Gasteiger partial charge in [0.1, 0.15) is 22.8 Å². The lowest BCUT2D eigenvalue weighted by Gasteiger charge is -2.11. The molecule has 1 aromatic carbocycles. The number of carbonyl (C=O) groups excluding carboxylic acids is 1. The summed E-state index contributed by atoms with van der Waals surface area (Å²) in [7, 11) is 2.97. The monoisotopic (exact) mass is 222 g/mol. The van der Waals surface area contributed by atoms with Gasteiger partial charge < -0.3 is 14.6 Å². The quantitative estimate of drug-likeness (QED) is 0.626. The van der Waals surface area contributed by atoms with Gasteiger partial charge in [0.25, 0.3) is 0 Å². The number of aliphatic hydroxyl groups is 1. The number of aliphatic hydroxyl groups excluding tert-OH is 1. The molecule has 0 amide bonds. The molecule has 86 valence electrons. The predicted molar refractivity (Wildman–Crippen MR) is 60.8 cm³/mol. The van der Waals surface area contributed by atoms with Crippen molar-refractivity contribution in [1.29, 1.82) is 0 Å². The number of benzene rings is 1. The van der Waals surface area contributed by atoms with Gasteiger partial charge in [-0.1, -0.05) is 6.07 Å². The Bertz CT molecular complexity index is 399. The van der Waals surface area contributed by atoms with E-state index in [1.54, 1.807) is 18.2 Å². The van der Waals surface area contributed by atoms with Gasteiger partial charge in [-0.2, -0.15) is 0 Å². The number of rotatable bonds is 4. The largest absolute Gasteiger partial charge is 0.507 e. The van der Waals surface area contributed by atoms with Crippen molar-refractivity contribution < 1.29 is 19.4 Å². The lowest BCUT2D eigenvalue weighted by Crippen LogP contribution is -1.97. The number of hydrogen-bond acceptors (Lipinski definition) is 4. The molecule has 1 aromatic rings. The number of allylic oxidation sites excluding steroid dienone is 1. The van der Waals surface area contributed by atoms with Gasteiger partial charge in [-0.05, 0) is 19.1 Å². The number of ether oxygens (including phenoxy) is 2. The van der Waals surface area contributed by atoms with Crippen LogP contribution in [0.1, 0.15) is 12.5 Å². The smallest absolute Gasteiger partial charge is 0.156 e. The molecule has 0 saturated heterocycles. The van der Waals surface area contributed by atoms with Crippen LogP contribution in [-0.4, -0.2) is 25.1 Å². The maximum Gasteiger partial charge on any atom is 0.156 e. The lowest BCUT2D eigenvalue weighted by molar-refractivity contribution is -0.112. The molecule has 0 fully saturated rings. The van der Waals surface area contributed by atoms with E-state index < -0.39 is 0 Å². The minimum absolute atomic E-state index is 0.165. The summed E-state index contributed by atoms with van der Waals surface area (Å²) in [4.78, 5) is 10.9. The molecular formula is C12H14O4. The van der Waals surface area contributed by atoms with Crippen LogP contribution in [0.5, 0.6) is 11.5 Å². The van der Waals surface area contributed by atoms with Gasteiger partial charge in [0.2, 0.25) is 0 Å². The maximum absolute atomic E-state index is 10.9. The van der Waals surface area contributed by atoms with E-state index in [2.05, 4.69) is 0 Å². The third-order valence-electron chi connectivity index (χ3n) is 2.02. The zero-order valence-corrected chi connectivity index (χ0v) is 9.48. The molecule has 1 rings (SSSR count). The first-order chi connectivity index (χ1) is 7.60. The first-order valence-corrected chi connectivity index (χ1v) is 4.72. The Morgan fingerprint density at radius 3 is 2.12 bits per heavy atom. The summed E-state index contributed by atoms with van der Waals surface area (Å²) in [6.45, 7) is 1.36. The average molecular weight is 222 g/mol. The van der Waals surface area contributed by atoms with Gasteiger partial charge in [-0.15, -0.1) is 0 Å². The Morgan fingerprint density at radius 1 is 1.25 bits per heavy atom. The van der Waals surface area contributed by atoms with E-state index in [0.717, 1.165) is 6.08 Å². The molecule has 1 N–H and O–H groups in total. The van der Waals surface area contributed by atoms with Crippen LogP contribution >= 0.6 is 0 Å². The van der Waals surface area contributed by atoms with Crippen LogP contribution in [0.4, 0.5) is 0 Å². The van der Waals surface area contributed by atoms with Crippen molar-refractivity contribution in [3.63, 3.8) is 0 Å². The fourth-order valence-corrected chi connectivity index (χ4v) is 1.37. The van der Waals surface area contributed by atoms with Gasteiger partial charge in [0, 0.05) is 6.08 Å². The minimum Gasteiger partial charge on any atom is -0.507 e. The SMILES string of the molecule is COc1cccc(OC)c1/C(O)=C/C(C)=O. The van der Waals surface area contributed by atoms with Crippen molar-refractivity contribution >= 4 is 11.5 Å². The van der Waals surface area contributed by atoms with Gasteiger partial charge in [-0.25, -0.2) is 0 Å². The second-order valence-electron chi connectivity index (χ2n) is 3.18. The van der Waals surface area contributed by atoms with Crippen molar-refractivity contribution in [3.8, 4) is 11.5 Å². The van der Waals surface area contributed by atoms with Crippen LogP contribution in [0.3, 0.4) is 0 Å². The van der Waals surface area contributed by atoms with Crippen LogP contribution in [0.25, 0.3) is 5.76 Å². The molecule has 0 unspecified atom stereocenters. The Labute approximate surface area is 94.1 Å².